The third-order valence-corrected chi connectivity index (χ3v) is 8.87. The molecule has 40 heavy (non-hydrogen) atoms. The van der Waals surface area contributed by atoms with Crippen LogP contribution in [-0.4, -0.2) is 78.4 Å². The van der Waals surface area contributed by atoms with Crippen LogP contribution in [0, 0.1) is 12.8 Å². The number of sulfonamides is 1. The summed E-state index contributed by atoms with van der Waals surface area (Å²) >= 11 is 0. The highest BCUT2D eigenvalue weighted by Crippen LogP contribution is 2.31. The number of amides is 2. The van der Waals surface area contributed by atoms with E-state index in [1.807, 2.05) is 13.8 Å². The van der Waals surface area contributed by atoms with Crippen LogP contribution in [0.1, 0.15) is 40.1 Å². The largest absolute Gasteiger partial charge is 0.488 e. The van der Waals surface area contributed by atoms with E-state index in [4.69, 9.17) is 4.74 Å². The quantitative estimate of drug-likeness (QED) is 0.428. The van der Waals surface area contributed by atoms with Crippen molar-refractivity contribution in [2.45, 2.75) is 37.8 Å². The summed E-state index contributed by atoms with van der Waals surface area (Å²) < 4.78 is 34.1. The maximum atomic E-state index is 13.7. The van der Waals surface area contributed by atoms with Gasteiger partial charge in [-0.15, -0.1) is 0 Å². The second-order valence-electron chi connectivity index (χ2n) is 10.1. The number of aliphatic hydroxyl groups excluding tert-OH is 1. The molecule has 2 N–H and O–H groups in total. The summed E-state index contributed by atoms with van der Waals surface area (Å²) in [5.74, 6) is -0.730. The Labute approximate surface area is 234 Å². The fourth-order valence-corrected chi connectivity index (χ4v) is 5.65. The highest BCUT2D eigenvalue weighted by Gasteiger charge is 2.35. The van der Waals surface area contributed by atoms with Crippen molar-refractivity contribution >= 4 is 27.5 Å². The Kier molecular flexibility index (Phi) is 8.87. The number of fused-ring (bicyclic) bond motifs is 1. The number of carbonyl (C=O) groups excluding carboxylic acids is 2. The van der Waals surface area contributed by atoms with E-state index < -0.39 is 22.2 Å². The first-order valence-electron chi connectivity index (χ1n) is 13.0. The number of anilines is 1. The van der Waals surface area contributed by atoms with E-state index in [0.29, 0.717) is 11.3 Å². The van der Waals surface area contributed by atoms with Crippen LogP contribution in [0.25, 0.3) is 0 Å². The molecule has 0 spiro atoms. The SMILES string of the molecule is Cc1ccc(S(=O)(=O)N(C)C[C@@H]2Oc3ccc(NC(=O)c4ccncc4)cc3C(=O)N([C@H](C)CO)C[C@H]2C)cc1. The fourth-order valence-electron chi connectivity index (χ4n) is 4.47. The molecule has 1 aliphatic rings. The van der Waals surface area contributed by atoms with Gasteiger partial charge in [0.05, 0.1) is 29.7 Å². The summed E-state index contributed by atoms with van der Waals surface area (Å²) in [4.78, 5) is 32.0. The lowest BCUT2D eigenvalue weighted by atomic mass is 9.99. The van der Waals surface area contributed by atoms with Crippen molar-refractivity contribution in [2.24, 2.45) is 5.92 Å². The van der Waals surface area contributed by atoms with Crippen LogP contribution in [0.4, 0.5) is 5.69 Å². The Bertz CT molecular complexity index is 1460. The van der Waals surface area contributed by atoms with Crippen molar-refractivity contribution in [3.05, 3.63) is 83.7 Å². The van der Waals surface area contributed by atoms with Gasteiger partial charge in [-0.2, -0.15) is 4.31 Å². The van der Waals surface area contributed by atoms with Crippen LogP contribution in [0.2, 0.25) is 0 Å². The highest BCUT2D eigenvalue weighted by molar-refractivity contribution is 7.89. The Morgan fingerprint density at radius 1 is 1.18 bits per heavy atom. The van der Waals surface area contributed by atoms with Gasteiger partial charge in [0.1, 0.15) is 11.9 Å². The molecule has 0 bridgehead atoms. The van der Waals surface area contributed by atoms with E-state index in [0.717, 1.165) is 5.56 Å². The number of likely N-dealkylation sites (N-methyl/N-ethyl adjacent to an activating group) is 1. The zero-order chi connectivity index (χ0) is 29.0. The second-order valence-corrected chi connectivity index (χ2v) is 12.2. The van der Waals surface area contributed by atoms with Crippen molar-refractivity contribution in [1.29, 1.82) is 0 Å². The second kappa shape index (κ2) is 12.2. The van der Waals surface area contributed by atoms with Crippen molar-refractivity contribution in [1.82, 2.24) is 14.2 Å². The zero-order valence-corrected chi connectivity index (χ0v) is 23.8. The molecule has 0 fully saturated rings. The number of hydrogen-bond acceptors (Lipinski definition) is 7. The molecule has 0 unspecified atom stereocenters. The Hall–Kier alpha value is -3.80. The van der Waals surface area contributed by atoms with Crippen molar-refractivity contribution in [3.63, 3.8) is 0 Å². The molecule has 212 valence electrons. The zero-order valence-electron chi connectivity index (χ0n) is 22.9. The Morgan fingerprint density at radius 2 is 1.85 bits per heavy atom. The van der Waals surface area contributed by atoms with Crippen LogP contribution in [0.3, 0.4) is 0 Å². The molecule has 3 aromatic rings. The predicted octanol–water partition coefficient (Wildman–Crippen LogP) is 3.18. The van der Waals surface area contributed by atoms with E-state index in [9.17, 15) is 23.1 Å². The number of nitrogens with zero attached hydrogens (tertiary/aromatic N) is 3. The first-order valence-corrected chi connectivity index (χ1v) is 14.4. The number of nitrogens with one attached hydrogen (secondary N) is 1. The minimum atomic E-state index is -3.79. The van der Waals surface area contributed by atoms with Gasteiger partial charge in [-0.25, -0.2) is 8.42 Å². The Morgan fingerprint density at radius 3 is 2.50 bits per heavy atom. The summed E-state index contributed by atoms with van der Waals surface area (Å²) in [6.07, 6.45) is 2.42. The predicted molar refractivity (Wildman–Crippen MR) is 151 cm³/mol. The number of hydrogen-bond donors (Lipinski definition) is 2. The van der Waals surface area contributed by atoms with Crippen molar-refractivity contribution in [3.8, 4) is 5.75 Å². The molecule has 10 nitrogen and oxygen atoms in total. The molecule has 2 amide bonds. The number of ether oxygens (including phenoxy) is 1. The van der Waals surface area contributed by atoms with Crippen molar-refractivity contribution in [2.75, 3.05) is 32.1 Å². The van der Waals surface area contributed by atoms with Gasteiger partial charge in [-0.3, -0.25) is 14.6 Å². The van der Waals surface area contributed by atoms with Gasteiger partial charge in [-0.1, -0.05) is 24.6 Å². The average Bonchev–Trinajstić information content (AvgIpc) is 2.95. The van der Waals surface area contributed by atoms with E-state index >= 15 is 0 Å². The molecule has 1 aromatic heterocycles. The first-order chi connectivity index (χ1) is 19.0. The molecule has 4 rings (SSSR count). The molecule has 0 saturated carbocycles. The minimum Gasteiger partial charge on any atom is -0.488 e. The molecule has 2 heterocycles. The summed E-state index contributed by atoms with van der Waals surface area (Å²) in [6, 6.07) is 14.1. The summed E-state index contributed by atoms with van der Waals surface area (Å²) in [7, 11) is -2.29. The van der Waals surface area contributed by atoms with Gasteiger partial charge in [0, 0.05) is 43.2 Å². The van der Waals surface area contributed by atoms with Gasteiger partial charge in [-0.05, 0) is 56.3 Å². The third kappa shape index (κ3) is 6.33. The Balaban J connectivity index is 1.65. The molecular weight excluding hydrogens is 532 g/mol. The van der Waals surface area contributed by atoms with Crippen LogP contribution < -0.4 is 10.1 Å². The highest BCUT2D eigenvalue weighted by atomic mass is 32.2. The number of rotatable bonds is 8. The standard InChI is InChI=1S/C29H34N4O6S/c1-19-5-8-24(9-6-19)40(37,38)32(4)17-27-20(2)16-33(21(3)18-34)29(36)25-15-23(7-10-26(25)39-27)31-28(35)22-11-13-30-14-12-22/h5-15,20-21,27,34H,16-18H2,1-4H3,(H,31,35)/t20-,21-,27+/m1/s1. The van der Waals surface area contributed by atoms with E-state index in [1.54, 1.807) is 60.4 Å². The van der Waals surface area contributed by atoms with E-state index in [-0.39, 0.29) is 53.6 Å². The smallest absolute Gasteiger partial charge is 0.258 e. The number of pyridine rings is 1. The van der Waals surface area contributed by atoms with Crippen LogP contribution in [0.15, 0.2) is 71.9 Å². The van der Waals surface area contributed by atoms with Gasteiger partial charge in [0.15, 0.2) is 0 Å². The lowest BCUT2D eigenvalue weighted by Gasteiger charge is -2.38. The first kappa shape index (κ1) is 29.2. The average molecular weight is 567 g/mol. The lowest BCUT2D eigenvalue weighted by Crippen LogP contribution is -2.50. The number of aliphatic hydroxyl groups is 1. The maximum Gasteiger partial charge on any atom is 0.258 e. The molecular formula is C29H34N4O6S. The van der Waals surface area contributed by atoms with Gasteiger partial charge >= 0.3 is 0 Å². The topological polar surface area (TPSA) is 129 Å². The summed E-state index contributed by atoms with van der Waals surface area (Å²) in [5, 5.41) is 12.7. The molecule has 1 aliphatic heterocycles. The molecule has 0 radical (unpaired) electrons. The minimum absolute atomic E-state index is 0.0346. The molecule has 3 atom stereocenters. The van der Waals surface area contributed by atoms with E-state index in [2.05, 4.69) is 10.3 Å². The molecule has 0 aliphatic carbocycles. The molecule has 0 saturated heterocycles. The van der Waals surface area contributed by atoms with Gasteiger partial charge in [0.2, 0.25) is 10.0 Å². The number of benzene rings is 2. The van der Waals surface area contributed by atoms with Crippen molar-refractivity contribution < 1.29 is 27.9 Å². The van der Waals surface area contributed by atoms with Crippen LogP contribution in [-0.2, 0) is 10.0 Å². The molecule has 11 heteroatoms. The third-order valence-electron chi connectivity index (χ3n) is 7.03. The van der Waals surface area contributed by atoms with E-state index in [1.165, 1.54) is 29.8 Å². The van der Waals surface area contributed by atoms with Gasteiger partial charge in [0.25, 0.3) is 11.8 Å². The lowest BCUT2D eigenvalue weighted by molar-refractivity contribution is 0.0387. The number of aromatic nitrogens is 1. The van der Waals surface area contributed by atoms with Gasteiger partial charge < -0.3 is 20.1 Å². The van der Waals surface area contributed by atoms with Crippen LogP contribution in [0.5, 0.6) is 5.75 Å². The number of carbonyl (C=O) groups is 2. The maximum absolute atomic E-state index is 13.7. The normalized spacial score (nSPS) is 18.4. The summed E-state index contributed by atoms with van der Waals surface area (Å²) in [6.45, 7) is 5.53. The molecule has 2 aromatic carbocycles. The van der Waals surface area contributed by atoms with Crippen LogP contribution >= 0.6 is 0 Å². The summed E-state index contributed by atoms with van der Waals surface area (Å²) in [5.41, 5.74) is 1.95. The number of aryl methyl sites for hydroxylation is 1. The fraction of sp³-hybridized carbons (Fsp3) is 0.345. The monoisotopic (exact) mass is 566 g/mol.